The molecular formula is C21H14BrClO2. The number of hydrogen-bond acceptors (Lipinski definition) is 2. The molecule has 0 unspecified atom stereocenters. The maximum atomic E-state index is 6.72. The average molecular weight is 414 g/mol. The summed E-state index contributed by atoms with van der Waals surface area (Å²) >= 11 is 10.2. The molecule has 2 aliphatic rings. The number of hydrogen-bond donors (Lipinski definition) is 0. The Bertz CT molecular complexity index is 976. The van der Waals surface area contributed by atoms with Gasteiger partial charge in [0.1, 0.15) is 0 Å². The van der Waals surface area contributed by atoms with E-state index in [-0.39, 0.29) is 0 Å². The minimum Gasteiger partial charge on any atom is -0.340 e. The van der Waals surface area contributed by atoms with Gasteiger partial charge in [-0.3, -0.25) is 0 Å². The van der Waals surface area contributed by atoms with Crippen LogP contribution in [0, 0.1) is 0 Å². The zero-order valence-corrected chi connectivity index (χ0v) is 15.6. The lowest BCUT2D eigenvalue weighted by Gasteiger charge is -2.25. The molecule has 0 saturated carbocycles. The van der Waals surface area contributed by atoms with E-state index in [0.29, 0.717) is 13.2 Å². The maximum Gasteiger partial charge on any atom is 0.223 e. The van der Waals surface area contributed by atoms with Gasteiger partial charge < -0.3 is 9.47 Å². The fourth-order valence-electron chi connectivity index (χ4n) is 3.81. The van der Waals surface area contributed by atoms with E-state index >= 15 is 0 Å². The van der Waals surface area contributed by atoms with Crippen molar-refractivity contribution >= 4 is 27.5 Å². The molecule has 124 valence electrons. The lowest BCUT2D eigenvalue weighted by Crippen LogP contribution is -2.25. The molecule has 0 bridgehead atoms. The molecule has 5 rings (SSSR count). The van der Waals surface area contributed by atoms with Crippen LogP contribution in [0.3, 0.4) is 0 Å². The van der Waals surface area contributed by atoms with Gasteiger partial charge in [0.25, 0.3) is 0 Å². The molecule has 0 amide bonds. The minimum atomic E-state index is -0.832. The monoisotopic (exact) mass is 412 g/mol. The van der Waals surface area contributed by atoms with Gasteiger partial charge in [0, 0.05) is 26.2 Å². The summed E-state index contributed by atoms with van der Waals surface area (Å²) in [6, 6.07) is 20.6. The van der Waals surface area contributed by atoms with Gasteiger partial charge >= 0.3 is 0 Å². The first-order valence-electron chi connectivity index (χ1n) is 8.17. The molecule has 0 radical (unpaired) electrons. The Morgan fingerprint density at radius 2 is 1.56 bits per heavy atom. The number of rotatable bonds is 1. The van der Waals surface area contributed by atoms with Gasteiger partial charge in [-0.15, -0.1) is 0 Å². The van der Waals surface area contributed by atoms with Gasteiger partial charge in [-0.05, 0) is 41.0 Å². The number of fused-ring (bicyclic) bond motifs is 5. The van der Waals surface area contributed by atoms with Crippen LogP contribution in [0.15, 0.2) is 65.1 Å². The first-order valence-corrected chi connectivity index (χ1v) is 9.34. The van der Waals surface area contributed by atoms with Crippen molar-refractivity contribution in [3.63, 3.8) is 0 Å². The summed E-state index contributed by atoms with van der Waals surface area (Å²) in [7, 11) is 0. The second kappa shape index (κ2) is 5.68. The second-order valence-corrected chi connectivity index (χ2v) is 7.57. The molecule has 3 aromatic rings. The topological polar surface area (TPSA) is 18.5 Å². The van der Waals surface area contributed by atoms with E-state index in [1.165, 1.54) is 0 Å². The van der Waals surface area contributed by atoms with E-state index in [1.807, 2.05) is 30.3 Å². The van der Waals surface area contributed by atoms with Crippen molar-refractivity contribution in [2.45, 2.75) is 5.79 Å². The van der Waals surface area contributed by atoms with Crippen molar-refractivity contribution in [2.24, 2.45) is 0 Å². The van der Waals surface area contributed by atoms with Crippen LogP contribution in [0.25, 0.3) is 22.3 Å². The standard InChI is InChI=1S/C21H14BrClO2/c22-15-7-5-13(6-8-15)14-11-18-20(19(23)12-14)16-3-1-2-4-17(16)21(18)24-9-10-25-21/h1-8,11-12H,9-10H2. The average Bonchev–Trinajstić information content (AvgIpc) is 3.22. The van der Waals surface area contributed by atoms with Gasteiger partial charge in [0.2, 0.25) is 5.79 Å². The molecule has 0 N–H and O–H groups in total. The van der Waals surface area contributed by atoms with Crippen LogP contribution in [0.2, 0.25) is 5.02 Å². The Labute approximate surface area is 159 Å². The third-order valence-electron chi connectivity index (χ3n) is 4.87. The summed E-state index contributed by atoms with van der Waals surface area (Å²) in [6.45, 7) is 1.15. The third kappa shape index (κ3) is 2.24. The molecule has 1 spiro atoms. The van der Waals surface area contributed by atoms with Crippen molar-refractivity contribution in [1.29, 1.82) is 0 Å². The summed E-state index contributed by atoms with van der Waals surface area (Å²) in [5, 5.41) is 0.721. The summed E-state index contributed by atoms with van der Waals surface area (Å²) in [5.74, 6) is -0.832. The van der Waals surface area contributed by atoms with Crippen molar-refractivity contribution in [1.82, 2.24) is 0 Å². The molecule has 1 aliphatic carbocycles. The summed E-state index contributed by atoms with van der Waals surface area (Å²) in [4.78, 5) is 0. The van der Waals surface area contributed by atoms with Crippen LogP contribution >= 0.6 is 27.5 Å². The highest BCUT2D eigenvalue weighted by Crippen LogP contribution is 2.55. The van der Waals surface area contributed by atoms with E-state index in [9.17, 15) is 0 Å². The first kappa shape index (κ1) is 15.6. The number of benzene rings is 3. The zero-order chi connectivity index (χ0) is 17.0. The Balaban J connectivity index is 1.77. The van der Waals surface area contributed by atoms with Gasteiger partial charge in [-0.25, -0.2) is 0 Å². The lowest BCUT2D eigenvalue weighted by atomic mass is 9.97. The van der Waals surface area contributed by atoms with Crippen molar-refractivity contribution in [3.05, 3.63) is 81.3 Å². The molecule has 0 aromatic heterocycles. The molecule has 1 fully saturated rings. The molecular weight excluding hydrogens is 400 g/mol. The van der Waals surface area contributed by atoms with Gasteiger partial charge in [0.05, 0.1) is 13.2 Å². The summed E-state index contributed by atoms with van der Waals surface area (Å²) in [6.07, 6.45) is 0. The van der Waals surface area contributed by atoms with Crippen molar-refractivity contribution < 1.29 is 9.47 Å². The lowest BCUT2D eigenvalue weighted by molar-refractivity contribution is -0.126. The molecule has 4 heteroatoms. The number of halogens is 2. The predicted octanol–water partition coefficient (Wildman–Crippen LogP) is 6.00. The SMILES string of the molecule is Clc1cc(-c2ccc(Br)cc2)cc2c1-c1ccccc1C21OCCO1. The third-order valence-corrected chi connectivity index (χ3v) is 5.69. The predicted molar refractivity (Wildman–Crippen MR) is 103 cm³/mol. The highest BCUT2D eigenvalue weighted by molar-refractivity contribution is 9.10. The maximum absolute atomic E-state index is 6.72. The Morgan fingerprint density at radius 3 is 2.32 bits per heavy atom. The van der Waals surface area contributed by atoms with Gasteiger partial charge in [-0.2, -0.15) is 0 Å². The highest BCUT2D eigenvalue weighted by Gasteiger charge is 2.49. The summed E-state index contributed by atoms with van der Waals surface area (Å²) in [5.41, 5.74) is 6.31. The van der Waals surface area contributed by atoms with Crippen LogP contribution in [0.5, 0.6) is 0 Å². The second-order valence-electron chi connectivity index (χ2n) is 6.25. The summed E-state index contributed by atoms with van der Waals surface area (Å²) < 4.78 is 13.3. The van der Waals surface area contributed by atoms with Crippen LogP contribution in [-0.4, -0.2) is 13.2 Å². The van der Waals surface area contributed by atoms with Crippen LogP contribution in [0.4, 0.5) is 0 Å². The fraction of sp³-hybridized carbons (Fsp3) is 0.143. The molecule has 1 saturated heterocycles. The van der Waals surface area contributed by atoms with Gasteiger partial charge in [0.15, 0.2) is 0 Å². The molecule has 3 aromatic carbocycles. The van der Waals surface area contributed by atoms with Crippen molar-refractivity contribution in [3.8, 4) is 22.3 Å². The van der Waals surface area contributed by atoms with E-state index in [0.717, 1.165) is 42.9 Å². The van der Waals surface area contributed by atoms with E-state index in [1.54, 1.807) is 0 Å². The zero-order valence-electron chi connectivity index (χ0n) is 13.3. The quantitative estimate of drug-likeness (QED) is 0.487. The Kier molecular flexibility index (Phi) is 3.54. The van der Waals surface area contributed by atoms with Crippen LogP contribution in [0.1, 0.15) is 11.1 Å². The minimum absolute atomic E-state index is 0.577. The highest BCUT2D eigenvalue weighted by atomic mass is 79.9. The molecule has 1 aliphatic heterocycles. The van der Waals surface area contributed by atoms with Crippen LogP contribution in [-0.2, 0) is 15.3 Å². The Morgan fingerprint density at radius 1 is 0.840 bits per heavy atom. The van der Waals surface area contributed by atoms with Crippen LogP contribution < -0.4 is 0 Å². The largest absolute Gasteiger partial charge is 0.340 e. The van der Waals surface area contributed by atoms with Crippen molar-refractivity contribution in [2.75, 3.05) is 13.2 Å². The molecule has 2 nitrogen and oxygen atoms in total. The molecule has 0 atom stereocenters. The molecule has 25 heavy (non-hydrogen) atoms. The van der Waals surface area contributed by atoms with E-state index in [2.05, 4.69) is 46.3 Å². The first-order chi connectivity index (χ1) is 12.2. The van der Waals surface area contributed by atoms with E-state index < -0.39 is 5.79 Å². The smallest absolute Gasteiger partial charge is 0.223 e. The Hall–Kier alpha value is -1.65. The van der Waals surface area contributed by atoms with Gasteiger partial charge in [-0.1, -0.05) is 63.9 Å². The number of ether oxygens (including phenoxy) is 2. The van der Waals surface area contributed by atoms with E-state index in [4.69, 9.17) is 21.1 Å². The fourth-order valence-corrected chi connectivity index (χ4v) is 4.39. The molecule has 1 heterocycles. The normalized spacial score (nSPS) is 16.9.